The number of phenolic OH excluding ortho intramolecular Hbond substituents is 1. The number of nitrogens with zero attached hydrogens (tertiary/aromatic N) is 5. The van der Waals surface area contributed by atoms with Crippen LogP contribution in [-0.4, -0.2) is 61.9 Å². The average Bonchev–Trinajstić information content (AvgIpc) is 2.99. The number of halogens is 1. The van der Waals surface area contributed by atoms with Crippen LogP contribution in [0.5, 0.6) is 11.5 Å². The van der Waals surface area contributed by atoms with Crippen LogP contribution in [-0.2, 0) is 31.3 Å². The molecular weight excluding hydrogens is 686 g/mol. The zero-order valence-corrected chi connectivity index (χ0v) is 25.9. The summed E-state index contributed by atoms with van der Waals surface area (Å²) >= 11 is -2.83. The highest BCUT2D eigenvalue weighted by Crippen LogP contribution is 2.43. The summed E-state index contributed by atoms with van der Waals surface area (Å²) in [4.78, 5) is 8.89. The highest BCUT2D eigenvalue weighted by Gasteiger charge is 2.26. The Morgan fingerprint density at radius 1 is 0.830 bits per heavy atom. The largest absolute Gasteiger partial charge is 0.505 e. The SMILES string of the molecule is COc1cc(S(=O)(=O)O)c(N=Nc2c(S(=O)O)cc3cc(Nc4nc(F)nc(Nc5ccccc5)n4)ccc3c2O)cc1S(=O)(=O)O. The smallest absolute Gasteiger partial charge is 0.315 e. The highest BCUT2D eigenvalue weighted by molar-refractivity contribution is 7.86. The van der Waals surface area contributed by atoms with Crippen molar-refractivity contribution in [1.29, 1.82) is 0 Å². The molecule has 0 fully saturated rings. The van der Waals surface area contributed by atoms with E-state index in [9.17, 15) is 44.2 Å². The molecule has 5 aromatic rings. The van der Waals surface area contributed by atoms with E-state index in [0.29, 0.717) is 17.8 Å². The van der Waals surface area contributed by atoms with E-state index in [-0.39, 0.29) is 28.4 Å². The summed E-state index contributed by atoms with van der Waals surface area (Å²) in [5, 5.41) is 24.1. The molecule has 5 rings (SSSR count). The molecule has 1 atom stereocenters. The van der Waals surface area contributed by atoms with E-state index in [1.54, 1.807) is 30.3 Å². The van der Waals surface area contributed by atoms with Gasteiger partial charge in [0.05, 0.1) is 12.0 Å². The molecule has 0 spiro atoms. The van der Waals surface area contributed by atoms with Gasteiger partial charge in [-0.25, -0.2) is 4.21 Å². The number of benzene rings is 4. The number of phenols is 1. The van der Waals surface area contributed by atoms with Gasteiger partial charge < -0.3 is 25.0 Å². The first-order valence-corrected chi connectivity index (χ1v) is 16.6. The van der Waals surface area contributed by atoms with Gasteiger partial charge in [-0.05, 0) is 47.9 Å². The molecule has 1 unspecified atom stereocenters. The number of azo groups is 1. The van der Waals surface area contributed by atoms with Gasteiger partial charge in [0.25, 0.3) is 20.2 Å². The molecule has 4 aromatic carbocycles. The lowest BCUT2D eigenvalue weighted by Crippen LogP contribution is -2.06. The number of hydrogen-bond donors (Lipinski definition) is 6. The first kappa shape index (κ1) is 33.2. The van der Waals surface area contributed by atoms with Gasteiger partial charge in [-0.1, -0.05) is 18.2 Å². The number of nitrogens with one attached hydrogen (secondary N) is 2. The molecule has 0 radical (unpaired) electrons. The Kier molecular flexibility index (Phi) is 9.11. The molecule has 21 heteroatoms. The second-order valence-corrected chi connectivity index (χ2v) is 13.0. The molecule has 0 bridgehead atoms. The number of methoxy groups -OCH3 is 1. The number of aromatic nitrogens is 3. The molecule has 244 valence electrons. The maximum absolute atomic E-state index is 14.2. The predicted octanol–water partition coefficient (Wildman–Crippen LogP) is 4.85. The quantitative estimate of drug-likeness (QED) is 0.0644. The predicted molar refractivity (Wildman–Crippen MR) is 164 cm³/mol. The topological polar surface area (TPSA) is 263 Å². The fourth-order valence-electron chi connectivity index (χ4n) is 4.18. The van der Waals surface area contributed by atoms with Crippen molar-refractivity contribution < 1.29 is 48.9 Å². The summed E-state index contributed by atoms with van der Waals surface area (Å²) in [6, 6.07) is 15.1. The number of fused-ring (bicyclic) bond motifs is 1. The monoisotopic (exact) mass is 705 g/mol. The lowest BCUT2D eigenvalue weighted by molar-refractivity contribution is 0.395. The van der Waals surface area contributed by atoms with Gasteiger partial charge in [0, 0.05) is 22.8 Å². The molecule has 1 heterocycles. The van der Waals surface area contributed by atoms with Gasteiger partial charge in [-0.2, -0.15) is 36.2 Å². The van der Waals surface area contributed by atoms with E-state index in [0.717, 1.165) is 13.2 Å². The third kappa shape index (κ3) is 7.45. The van der Waals surface area contributed by atoms with Gasteiger partial charge in [0.1, 0.15) is 26.9 Å². The lowest BCUT2D eigenvalue weighted by atomic mass is 10.1. The number of aromatic hydroxyl groups is 1. The van der Waals surface area contributed by atoms with E-state index in [4.69, 9.17) is 4.74 Å². The minimum atomic E-state index is -5.09. The van der Waals surface area contributed by atoms with Crippen molar-refractivity contribution in [1.82, 2.24) is 15.0 Å². The summed E-state index contributed by atoms with van der Waals surface area (Å²) in [7, 11) is -9.12. The third-order valence-electron chi connectivity index (χ3n) is 6.19. The molecular formula is C26H20FN7O10S3. The number of ether oxygens (including phenoxy) is 1. The van der Waals surface area contributed by atoms with Gasteiger partial charge in [0.2, 0.25) is 11.9 Å². The molecule has 0 aliphatic carbocycles. The van der Waals surface area contributed by atoms with Gasteiger partial charge >= 0.3 is 6.08 Å². The zero-order chi connectivity index (χ0) is 34.1. The zero-order valence-electron chi connectivity index (χ0n) is 23.4. The number of para-hydroxylation sites is 1. The van der Waals surface area contributed by atoms with Crippen LogP contribution in [0.1, 0.15) is 0 Å². The summed E-state index contributed by atoms with van der Waals surface area (Å²) in [5.74, 6) is -1.66. The van der Waals surface area contributed by atoms with Crippen molar-refractivity contribution >= 4 is 76.7 Å². The Labute approximate surface area is 267 Å². The first-order chi connectivity index (χ1) is 22.1. The van der Waals surface area contributed by atoms with Crippen molar-refractivity contribution in [3.8, 4) is 11.5 Å². The van der Waals surface area contributed by atoms with Crippen molar-refractivity contribution in [3.63, 3.8) is 0 Å². The summed E-state index contributed by atoms with van der Waals surface area (Å²) in [5.41, 5.74) is -0.616. The molecule has 0 saturated heterocycles. The fourth-order valence-corrected chi connectivity index (χ4v) is 5.99. The normalized spacial score (nSPS) is 12.7. The minimum Gasteiger partial charge on any atom is -0.505 e. The van der Waals surface area contributed by atoms with Crippen molar-refractivity contribution in [3.05, 3.63) is 72.8 Å². The van der Waals surface area contributed by atoms with E-state index in [1.165, 1.54) is 18.2 Å². The molecule has 0 aliphatic heterocycles. The highest BCUT2D eigenvalue weighted by atomic mass is 32.2. The van der Waals surface area contributed by atoms with Crippen LogP contribution >= 0.6 is 0 Å². The summed E-state index contributed by atoms with van der Waals surface area (Å²) in [6.45, 7) is 0. The molecule has 0 amide bonds. The Morgan fingerprint density at radius 3 is 2.06 bits per heavy atom. The first-order valence-electron chi connectivity index (χ1n) is 12.6. The van der Waals surface area contributed by atoms with Crippen LogP contribution in [0.2, 0.25) is 0 Å². The summed E-state index contributed by atoms with van der Waals surface area (Å²) in [6.07, 6.45) is -1.09. The minimum absolute atomic E-state index is 0.0512. The number of hydrogen-bond acceptors (Lipinski definition) is 14. The second kappa shape index (κ2) is 12.9. The maximum Gasteiger partial charge on any atom is 0.315 e. The number of rotatable bonds is 10. The van der Waals surface area contributed by atoms with Gasteiger partial charge in [-0.3, -0.25) is 9.11 Å². The van der Waals surface area contributed by atoms with Crippen molar-refractivity contribution in [2.45, 2.75) is 14.7 Å². The second-order valence-electron chi connectivity index (χ2n) is 9.25. The molecule has 1 aromatic heterocycles. The fraction of sp³-hybridized carbons (Fsp3) is 0.0385. The Hall–Kier alpha value is -5.19. The van der Waals surface area contributed by atoms with Gasteiger partial charge in [0.15, 0.2) is 16.8 Å². The van der Waals surface area contributed by atoms with Crippen molar-refractivity contribution in [2.75, 3.05) is 17.7 Å². The number of anilines is 4. The van der Waals surface area contributed by atoms with Crippen LogP contribution in [0.3, 0.4) is 0 Å². The summed E-state index contributed by atoms with van der Waals surface area (Å²) < 4.78 is 108. The third-order valence-corrected chi connectivity index (χ3v) is 8.64. The van der Waals surface area contributed by atoms with Crippen LogP contribution in [0.15, 0.2) is 91.6 Å². The van der Waals surface area contributed by atoms with Gasteiger partial charge in [-0.15, -0.1) is 10.2 Å². The van der Waals surface area contributed by atoms with Crippen LogP contribution in [0.4, 0.5) is 39.0 Å². The molecule has 0 aliphatic rings. The molecule has 47 heavy (non-hydrogen) atoms. The van der Waals surface area contributed by atoms with Crippen LogP contribution in [0.25, 0.3) is 10.8 Å². The Bertz CT molecular complexity index is 2310. The standard InChI is InChI=1S/C26H20FN7O10S3/c1-44-18-12-20(46(38,39)40)17(11-21(18)47(41,42)43)33-34-22-19(45(36)37)10-13-9-15(7-8-16(13)23(22)35)29-26-31-24(27)30-25(32-26)28-14-5-3-2-4-6-14/h2-12,35H,1H3,(H,36,37)(H,38,39,40)(H,41,42,43)(H2,28,29,30,31,32). The van der Waals surface area contributed by atoms with E-state index in [1.807, 2.05) is 0 Å². The van der Waals surface area contributed by atoms with E-state index < -0.39 is 75.0 Å². The van der Waals surface area contributed by atoms with Crippen LogP contribution < -0.4 is 15.4 Å². The maximum atomic E-state index is 14.2. The average molecular weight is 706 g/mol. The molecule has 17 nitrogen and oxygen atoms in total. The van der Waals surface area contributed by atoms with E-state index in [2.05, 4.69) is 35.8 Å². The Morgan fingerprint density at radius 2 is 1.47 bits per heavy atom. The Balaban J connectivity index is 1.55. The molecule has 6 N–H and O–H groups in total. The molecule has 0 saturated carbocycles. The lowest BCUT2D eigenvalue weighted by Gasteiger charge is -2.12. The van der Waals surface area contributed by atoms with Crippen LogP contribution in [0, 0.1) is 6.08 Å². The van der Waals surface area contributed by atoms with Crippen molar-refractivity contribution in [2.24, 2.45) is 10.2 Å². The van der Waals surface area contributed by atoms with E-state index >= 15 is 0 Å².